The summed E-state index contributed by atoms with van der Waals surface area (Å²) in [5, 5.41) is 3.98. The van der Waals surface area contributed by atoms with Crippen molar-refractivity contribution in [3.05, 3.63) is 60.2 Å². The fourth-order valence-electron chi connectivity index (χ4n) is 2.70. The minimum atomic E-state index is -0.633. The van der Waals surface area contributed by atoms with E-state index >= 15 is 0 Å². The molecule has 3 aromatic rings. The topological polar surface area (TPSA) is 81.4 Å². The summed E-state index contributed by atoms with van der Waals surface area (Å²) in [7, 11) is 0. The summed E-state index contributed by atoms with van der Waals surface area (Å²) in [5.74, 6) is 1.33. The Kier molecular flexibility index (Phi) is 6.03. The molecule has 7 nitrogen and oxygen atoms in total. The fraction of sp³-hybridized carbons (Fsp3) is 0.333. The van der Waals surface area contributed by atoms with Gasteiger partial charge in [0.05, 0.1) is 0 Å². The van der Waals surface area contributed by atoms with Crippen molar-refractivity contribution in [3.63, 3.8) is 0 Å². The van der Waals surface area contributed by atoms with Gasteiger partial charge in [0.25, 0.3) is 5.91 Å². The molecule has 1 aromatic carbocycles. The Labute approximate surface area is 164 Å². The molecule has 0 aliphatic heterocycles. The van der Waals surface area contributed by atoms with E-state index in [0.717, 1.165) is 11.1 Å². The number of aryl methyl sites for hydroxylation is 1. The predicted molar refractivity (Wildman–Crippen MR) is 104 cm³/mol. The first kappa shape index (κ1) is 19.5. The molecule has 1 amide bonds. The van der Waals surface area contributed by atoms with Gasteiger partial charge in [0.1, 0.15) is 12.3 Å². The average molecular weight is 380 g/mol. The van der Waals surface area contributed by atoms with Crippen LogP contribution in [-0.2, 0) is 11.3 Å². The van der Waals surface area contributed by atoms with Crippen LogP contribution in [-0.4, -0.2) is 38.1 Å². The van der Waals surface area contributed by atoms with Crippen molar-refractivity contribution >= 4 is 5.91 Å². The lowest BCUT2D eigenvalue weighted by Crippen LogP contribution is -2.43. The van der Waals surface area contributed by atoms with Gasteiger partial charge in [0.15, 0.2) is 6.10 Å². The van der Waals surface area contributed by atoms with Crippen molar-refractivity contribution in [2.45, 2.75) is 46.4 Å². The van der Waals surface area contributed by atoms with Crippen LogP contribution in [0, 0.1) is 6.92 Å². The molecule has 0 N–H and O–H groups in total. The van der Waals surface area contributed by atoms with Gasteiger partial charge in [0.2, 0.25) is 11.7 Å². The van der Waals surface area contributed by atoms with E-state index in [1.54, 1.807) is 30.3 Å². The number of aromatic nitrogens is 3. The van der Waals surface area contributed by atoms with Crippen LogP contribution in [0.1, 0.15) is 32.2 Å². The molecule has 7 heteroatoms. The van der Waals surface area contributed by atoms with Crippen LogP contribution < -0.4 is 4.74 Å². The largest absolute Gasteiger partial charge is 0.481 e. The second-order valence-corrected chi connectivity index (χ2v) is 6.89. The molecule has 0 unspecified atom stereocenters. The molecule has 0 aliphatic carbocycles. The molecular formula is C21H24N4O3. The molecule has 0 saturated carbocycles. The highest BCUT2D eigenvalue weighted by atomic mass is 16.5. The zero-order valence-electron chi connectivity index (χ0n) is 16.5. The number of nitrogens with zero attached hydrogens (tertiary/aromatic N) is 4. The Morgan fingerprint density at radius 1 is 1.18 bits per heavy atom. The quantitative estimate of drug-likeness (QED) is 0.622. The van der Waals surface area contributed by atoms with Gasteiger partial charge in [-0.05, 0) is 52.0 Å². The van der Waals surface area contributed by atoms with Crippen molar-refractivity contribution < 1.29 is 14.1 Å². The molecule has 28 heavy (non-hydrogen) atoms. The van der Waals surface area contributed by atoms with Gasteiger partial charge in [-0.15, -0.1) is 0 Å². The molecule has 0 saturated heterocycles. The minimum Gasteiger partial charge on any atom is -0.481 e. The summed E-state index contributed by atoms with van der Waals surface area (Å²) in [6.07, 6.45) is 2.71. The Hall–Kier alpha value is -3.22. The van der Waals surface area contributed by atoms with Gasteiger partial charge >= 0.3 is 0 Å². The van der Waals surface area contributed by atoms with Crippen LogP contribution in [0.15, 0.2) is 53.3 Å². The number of rotatable bonds is 7. The van der Waals surface area contributed by atoms with E-state index < -0.39 is 6.10 Å². The van der Waals surface area contributed by atoms with Crippen LogP contribution >= 0.6 is 0 Å². The third-order valence-electron chi connectivity index (χ3n) is 4.28. The summed E-state index contributed by atoms with van der Waals surface area (Å²) in [6, 6.07) is 11.2. The van der Waals surface area contributed by atoms with E-state index in [9.17, 15) is 4.79 Å². The number of carbonyl (C=O) groups excluding carboxylic acids is 1. The molecule has 2 heterocycles. The minimum absolute atomic E-state index is 0.0506. The lowest BCUT2D eigenvalue weighted by atomic mass is 10.2. The average Bonchev–Trinajstić information content (AvgIpc) is 3.16. The molecule has 146 valence electrons. The number of hydrogen-bond donors (Lipinski definition) is 0. The maximum Gasteiger partial charge on any atom is 0.264 e. The number of carbonyl (C=O) groups is 1. The lowest BCUT2D eigenvalue weighted by molar-refractivity contribution is -0.140. The van der Waals surface area contributed by atoms with E-state index in [1.807, 2.05) is 51.1 Å². The molecular weight excluding hydrogens is 356 g/mol. The summed E-state index contributed by atoms with van der Waals surface area (Å²) in [4.78, 5) is 23.0. The number of hydrogen-bond acceptors (Lipinski definition) is 6. The maximum absolute atomic E-state index is 12.9. The predicted octanol–water partition coefficient (Wildman–Crippen LogP) is 3.64. The van der Waals surface area contributed by atoms with E-state index in [0.29, 0.717) is 17.5 Å². The Bertz CT molecular complexity index is 907. The third kappa shape index (κ3) is 4.73. The number of amides is 1. The molecule has 0 fully saturated rings. The summed E-state index contributed by atoms with van der Waals surface area (Å²) in [6.45, 7) is 7.84. The lowest BCUT2D eigenvalue weighted by Gasteiger charge is -2.28. The van der Waals surface area contributed by atoms with Gasteiger partial charge in [-0.2, -0.15) is 4.98 Å². The van der Waals surface area contributed by atoms with Crippen molar-refractivity contribution in [2.24, 2.45) is 0 Å². The molecule has 0 radical (unpaired) electrons. The molecule has 0 aliphatic rings. The highest BCUT2D eigenvalue weighted by Crippen LogP contribution is 2.18. The normalized spacial score (nSPS) is 12.0. The zero-order chi connectivity index (χ0) is 20.1. The molecule has 0 bridgehead atoms. The standard InChI is InChI=1S/C21H24N4O3/c1-14(2)25(21(26)16(4)27-18-9-7-15(3)8-10-18)13-19-23-20(24-28-19)17-6-5-11-22-12-17/h5-12,14,16H,13H2,1-4H3/t16-/m0/s1. The molecule has 1 atom stereocenters. The summed E-state index contributed by atoms with van der Waals surface area (Å²) >= 11 is 0. The summed E-state index contributed by atoms with van der Waals surface area (Å²) in [5.41, 5.74) is 1.90. The van der Waals surface area contributed by atoms with Gasteiger partial charge in [0, 0.05) is 24.0 Å². The van der Waals surface area contributed by atoms with E-state index in [-0.39, 0.29) is 18.5 Å². The zero-order valence-corrected chi connectivity index (χ0v) is 16.5. The van der Waals surface area contributed by atoms with Crippen molar-refractivity contribution in [1.29, 1.82) is 0 Å². The van der Waals surface area contributed by atoms with E-state index in [4.69, 9.17) is 9.26 Å². The highest BCUT2D eigenvalue weighted by molar-refractivity contribution is 5.81. The smallest absolute Gasteiger partial charge is 0.264 e. The Morgan fingerprint density at radius 3 is 2.57 bits per heavy atom. The summed E-state index contributed by atoms with van der Waals surface area (Å²) < 4.78 is 11.1. The van der Waals surface area contributed by atoms with Crippen molar-refractivity contribution in [1.82, 2.24) is 20.0 Å². The second-order valence-electron chi connectivity index (χ2n) is 6.89. The molecule has 2 aromatic heterocycles. The van der Waals surface area contributed by atoms with Gasteiger partial charge < -0.3 is 14.2 Å². The number of ether oxygens (including phenoxy) is 1. The monoisotopic (exact) mass is 380 g/mol. The van der Waals surface area contributed by atoms with Crippen molar-refractivity contribution in [3.8, 4) is 17.1 Å². The van der Waals surface area contributed by atoms with Crippen molar-refractivity contribution in [2.75, 3.05) is 0 Å². The maximum atomic E-state index is 12.9. The Balaban J connectivity index is 1.70. The van der Waals surface area contributed by atoms with Crippen LogP contribution in [0.4, 0.5) is 0 Å². The van der Waals surface area contributed by atoms with E-state index in [2.05, 4.69) is 15.1 Å². The number of pyridine rings is 1. The highest BCUT2D eigenvalue weighted by Gasteiger charge is 2.26. The van der Waals surface area contributed by atoms with E-state index in [1.165, 1.54) is 0 Å². The number of benzene rings is 1. The van der Waals surface area contributed by atoms with Crippen LogP contribution in [0.2, 0.25) is 0 Å². The molecule has 0 spiro atoms. The first-order chi connectivity index (χ1) is 13.4. The van der Waals surface area contributed by atoms with Crippen LogP contribution in [0.3, 0.4) is 0 Å². The van der Waals surface area contributed by atoms with Crippen LogP contribution in [0.25, 0.3) is 11.4 Å². The third-order valence-corrected chi connectivity index (χ3v) is 4.28. The van der Waals surface area contributed by atoms with Crippen LogP contribution in [0.5, 0.6) is 5.75 Å². The van der Waals surface area contributed by atoms with Gasteiger partial charge in [-0.25, -0.2) is 0 Å². The molecule has 3 rings (SSSR count). The SMILES string of the molecule is Cc1ccc(O[C@@H](C)C(=O)N(Cc2nc(-c3cccnc3)no2)C(C)C)cc1. The van der Waals surface area contributed by atoms with Gasteiger partial charge in [-0.1, -0.05) is 22.9 Å². The fourth-order valence-corrected chi connectivity index (χ4v) is 2.70. The second kappa shape index (κ2) is 8.65. The first-order valence-corrected chi connectivity index (χ1v) is 9.21. The van der Waals surface area contributed by atoms with Gasteiger partial charge in [-0.3, -0.25) is 9.78 Å². The first-order valence-electron chi connectivity index (χ1n) is 9.21. The Morgan fingerprint density at radius 2 is 1.93 bits per heavy atom.